The SMILES string of the molecule is CC(C)NCc1cccc(Cl)c1. The number of halogens is 1. The number of rotatable bonds is 3. The van der Waals surface area contributed by atoms with Crippen LogP contribution in [0.1, 0.15) is 19.4 Å². The first-order chi connectivity index (χ1) is 5.68. The van der Waals surface area contributed by atoms with E-state index < -0.39 is 0 Å². The fourth-order valence-corrected chi connectivity index (χ4v) is 1.18. The summed E-state index contributed by atoms with van der Waals surface area (Å²) in [7, 11) is 0. The Kier molecular flexibility index (Phi) is 3.57. The van der Waals surface area contributed by atoms with E-state index in [9.17, 15) is 0 Å². The second-order valence-corrected chi connectivity index (χ2v) is 3.60. The lowest BCUT2D eigenvalue weighted by molar-refractivity contribution is 0.589. The maximum atomic E-state index is 5.83. The number of hydrogen-bond donors (Lipinski definition) is 1. The molecule has 0 saturated heterocycles. The number of hydrogen-bond acceptors (Lipinski definition) is 1. The molecule has 12 heavy (non-hydrogen) atoms. The summed E-state index contributed by atoms with van der Waals surface area (Å²) in [6.07, 6.45) is 0. The highest BCUT2D eigenvalue weighted by atomic mass is 35.5. The molecule has 0 aliphatic carbocycles. The average molecular weight is 184 g/mol. The van der Waals surface area contributed by atoms with Crippen LogP contribution in [0.4, 0.5) is 0 Å². The Labute approximate surface area is 78.7 Å². The predicted octanol–water partition coefficient (Wildman–Crippen LogP) is 2.84. The van der Waals surface area contributed by atoms with Crippen molar-refractivity contribution in [2.24, 2.45) is 0 Å². The van der Waals surface area contributed by atoms with E-state index in [1.54, 1.807) is 0 Å². The van der Waals surface area contributed by atoms with Gasteiger partial charge in [-0.1, -0.05) is 37.6 Å². The van der Waals surface area contributed by atoms with Crippen LogP contribution < -0.4 is 5.32 Å². The second-order valence-electron chi connectivity index (χ2n) is 3.17. The van der Waals surface area contributed by atoms with Gasteiger partial charge in [0, 0.05) is 17.6 Å². The zero-order valence-corrected chi connectivity index (χ0v) is 8.23. The first-order valence-electron chi connectivity index (χ1n) is 4.16. The topological polar surface area (TPSA) is 12.0 Å². The molecule has 0 heterocycles. The van der Waals surface area contributed by atoms with Gasteiger partial charge in [0.15, 0.2) is 0 Å². The molecule has 0 saturated carbocycles. The molecule has 0 spiro atoms. The fraction of sp³-hybridized carbons (Fsp3) is 0.400. The van der Waals surface area contributed by atoms with E-state index in [2.05, 4.69) is 25.2 Å². The summed E-state index contributed by atoms with van der Waals surface area (Å²) in [6, 6.07) is 8.43. The molecule has 0 bridgehead atoms. The van der Waals surface area contributed by atoms with Crippen LogP contribution in [0.15, 0.2) is 24.3 Å². The van der Waals surface area contributed by atoms with E-state index in [-0.39, 0.29) is 0 Å². The molecule has 0 aliphatic rings. The summed E-state index contributed by atoms with van der Waals surface area (Å²) >= 11 is 5.83. The van der Waals surface area contributed by atoms with Crippen LogP contribution in [0.25, 0.3) is 0 Å². The maximum Gasteiger partial charge on any atom is 0.0409 e. The summed E-state index contributed by atoms with van der Waals surface area (Å²) in [4.78, 5) is 0. The van der Waals surface area contributed by atoms with Crippen molar-refractivity contribution in [3.8, 4) is 0 Å². The monoisotopic (exact) mass is 183 g/mol. The van der Waals surface area contributed by atoms with Crippen molar-refractivity contribution in [3.63, 3.8) is 0 Å². The molecule has 2 heteroatoms. The van der Waals surface area contributed by atoms with Gasteiger partial charge in [-0.3, -0.25) is 0 Å². The van der Waals surface area contributed by atoms with E-state index in [0.29, 0.717) is 6.04 Å². The Balaban J connectivity index is 2.52. The highest BCUT2D eigenvalue weighted by Gasteiger charge is 1.95. The van der Waals surface area contributed by atoms with E-state index >= 15 is 0 Å². The summed E-state index contributed by atoms with van der Waals surface area (Å²) in [5, 5.41) is 4.13. The summed E-state index contributed by atoms with van der Waals surface area (Å²) in [5.74, 6) is 0. The van der Waals surface area contributed by atoms with Crippen molar-refractivity contribution in [3.05, 3.63) is 34.9 Å². The number of nitrogens with one attached hydrogen (secondary N) is 1. The van der Waals surface area contributed by atoms with Crippen molar-refractivity contribution in [2.45, 2.75) is 26.4 Å². The Bertz CT molecular complexity index is 245. The minimum atomic E-state index is 0.518. The molecule has 0 unspecified atom stereocenters. The van der Waals surface area contributed by atoms with Crippen molar-refractivity contribution in [1.82, 2.24) is 5.32 Å². The Morgan fingerprint density at radius 3 is 2.75 bits per heavy atom. The zero-order chi connectivity index (χ0) is 8.97. The zero-order valence-electron chi connectivity index (χ0n) is 7.47. The van der Waals surface area contributed by atoms with E-state index in [1.165, 1.54) is 5.56 Å². The largest absolute Gasteiger partial charge is 0.310 e. The molecule has 66 valence electrons. The lowest BCUT2D eigenvalue weighted by Crippen LogP contribution is -2.21. The molecule has 0 fully saturated rings. The molecule has 0 aliphatic heterocycles. The van der Waals surface area contributed by atoms with Gasteiger partial charge in [-0.05, 0) is 17.7 Å². The molecular weight excluding hydrogens is 170 g/mol. The van der Waals surface area contributed by atoms with Gasteiger partial charge < -0.3 is 5.32 Å². The molecule has 1 rings (SSSR count). The third-order valence-electron chi connectivity index (χ3n) is 1.60. The molecule has 0 radical (unpaired) electrons. The van der Waals surface area contributed by atoms with Crippen molar-refractivity contribution in [2.75, 3.05) is 0 Å². The highest BCUT2D eigenvalue weighted by Crippen LogP contribution is 2.10. The lowest BCUT2D eigenvalue weighted by Gasteiger charge is -2.07. The van der Waals surface area contributed by atoms with Gasteiger partial charge in [0.25, 0.3) is 0 Å². The van der Waals surface area contributed by atoms with Crippen LogP contribution in [0, 0.1) is 0 Å². The second kappa shape index (κ2) is 4.48. The first kappa shape index (κ1) is 9.56. The van der Waals surface area contributed by atoms with Crippen LogP contribution in [-0.4, -0.2) is 6.04 Å². The van der Waals surface area contributed by atoms with Crippen LogP contribution in [0.2, 0.25) is 5.02 Å². The third-order valence-corrected chi connectivity index (χ3v) is 1.84. The smallest absolute Gasteiger partial charge is 0.0409 e. The first-order valence-corrected chi connectivity index (χ1v) is 4.54. The van der Waals surface area contributed by atoms with Gasteiger partial charge in [-0.15, -0.1) is 0 Å². The fourth-order valence-electron chi connectivity index (χ4n) is 0.969. The van der Waals surface area contributed by atoms with Gasteiger partial charge in [0.05, 0.1) is 0 Å². The Hall–Kier alpha value is -0.530. The van der Waals surface area contributed by atoms with Crippen molar-refractivity contribution in [1.29, 1.82) is 0 Å². The van der Waals surface area contributed by atoms with E-state index in [1.807, 2.05) is 18.2 Å². The van der Waals surface area contributed by atoms with E-state index in [0.717, 1.165) is 11.6 Å². The minimum Gasteiger partial charge on any atom is -0.310 e. The predicted molar refractivity (Wildman–Crippen MR) is 53.4 cm³/mol. The van der Waals surface area contributed by atoms with Gasteiger partial charge >= 0.3 is 0 Å². The summed E-state index contributed by atoms with van der Waals surface area (Å²) < 4.78 is 0. The number of benzene rings is 1. The van der Waals surface area contributed by atoms with Crippen LogP contribution in [0.3, 0.4) is 0 Å². The molecule has 0 atom stereocenters. The van der Waals surface area contributed by atoms with Gasteiger partial charge in [0.2, 0.25) is 0 Å². The molecular formula is C10H14ClN. The standard InChI is InChI=1S/C10H14ClN/c1-8(2)12-7-9-4-3-5-10(11)6-9/h3-6,8,12H,7H2,1-2H3. The Morgan fingerprint density at radius 2 is 2.17 bits per heavy atom. The van der Waals surface area contributed by atoms with Crippen LogP contribution in [-0.2, 0) is 6.54 Å². The molecule has 1 aromatic carbocycles. The van der Waals surface area contributed by atoms with E-state index in [4.69, 9.17) is 11.6 Å². The maximum absolute atomic E-state index is 5.83. The summed E-state index contributed by atoms with van der Waals surface area (Å²) in [5.41, 5.74) is 1.23. The average Bonchev–Trinajstić information content (AvgIpc) is 2.01. The molecule has 0 aromatic heterocycles. The quantitative estimate of drug-likeness (QED) is 0.760. The highest BCUT2D eigenvalue weighted by molar-refractivity contribution is 6.30. The molecule has 1 nitrogen and oxygen atoms in total. The van der Waals surface area contributed by atoms with Crippen molar-refractivity contribution < 1.29 is 0 Å². The minimum absolute atomic E-state index is 0.518. The Morgan fingerprint density at radius 1 is 1.42 bits per heavy atom. The molecule has 1 N–H and O–H groups in total. The molecule has 0 amide bonds. The van der Waals surface area contributed by atoms with Gasteiger partial charge in [-0.25, -0.2) is 0 Å². The van der Waals surface area contributed by atoms with Crippen LogP contribution >= 0.6 is 11.6 Å². The third kappa shape index (κ3) is 3.24. The lowest BCUT2D eigenvalue weighted by atomic mass is 10.2. The van der Waals surface area contributed by atoms with Crippen LogP contribution in [0.5, 0.6) is 0 Å². The normalized spacial score (nSPS) is 10.7. The van der Waals surface area contributed by atoms with Crippen molar-refractivity contribution >= 4 is 11.6 Å². The van der Waals surface area contributed by atoms with Gasteiger partial charge in [-0.2, -0.15) is 0 Å². The summed E-state index contributed by atoms with van der Waals surface area (Å²) in [6.45, 7) is 5.15. The molecule has 1 aromatic rings. The van der Waals surface area contributed by atoms with Gasteiger partial charge in [0.1, 0.15) is 0 Å².